The summed E-state index contributed by atoms with van der Waals surface area (Å²) in [6.45, 7) is -0.224. The van der Waals surface area contributed by atoms with E-state index in [0.717, 1.165) is 5.01 Å². The van der Waals surface area contributed by atoms with Crippen molar-refractivity contribution >= 4 is 12.4 Å². The molecular formula is C5H9N3O3. The van der Waals surface area contributed by atoms with Crippen molar-refractivity contribution in [1.82, 2.24) is 10.4 Å². The van der Waals surface area contributed by atoms with E-state index in [-0.39, 0.29) is 6.61 Å². The first-order valence-corrected chi connectivity index (χ1v) is 3.05. The lowest BCUT2D eigenvalue weighted by Gasteiger charge is -2.18. The monoisotopic (exact) mass is 159 g/mol. The van der Waals surface area contributed by atoms with Crippen molar-refractivity contribution in [2.75, 3.05) is 13.7 Å². The van der Waals surface area contributed by atoms with Crippen LogP contribution in [0.25, 0.3) is 0 Å². The van der Waals surface area contributed by atoms with Crippen LogP contribution in [0.3, 0.4) is 0 Å². The van der Waals surface area contributed by atoms with Gasteiger partial charge < -0.3 is 9.84 Å². The molecule has 0 bridgehead atoms. The van der Waals surface area contributed by atoms with Gasteiger partial charge in [-0.25, -0.2) is 9.79 Å². The Bertz CT molecular complexity index is 182. The summed E-state index contributed by atoms with van der Waals surface area (Å²) in [6.07, 6.45) is 0.196. The minimum absolute atomic E-state index is 0.224. The molecular weight excluding hydrogens is 150 g/mol. The van der Waals surface area contributed by atoms with Crippen LogP contribution >= 0.6 is 0 Å². The summed E-state index contributed by atoms with van der Waals surface area (Å²) in [5.74, 6) is 0. The first-order valence-electron chi connectivity index (χ1n) is 3.05. The van der Waals surface area contributed by atoms with Gasteiger partial charge in [-0.05, 0) is 0 Å². The summed E-state index contributed by atoms with van der Waals surface area (Å²) in [6, 6.07) is 0. The maximum absolute atomic E-state index is 10.8. The van der Waals surface area contributed by atoms with Gasteiger partial charge >= 0.3 is 6.09 Å². The topological polar surface area (TPSA) is 74.2 Å². The zero-order valence-electron chi connectivity index (χ0n) is 6.02. The molecule has 1 unspecified atom stereocenters. The summed E-state index contributed by atoms with van der Waals surface area (Å²) in [7, 11) is 1.26. The number of nitrogens with one attached hydrogen (secondary N) is 1. The van der Waals surface area contributed by atoms with Gasteiger partial charge in [0.05, 0.1) is 13.7 Å². The van der Waals surface area contributed by atoms with Gasteiger partial charge in [0.1, 0.15) is 6.34 Å². The third-order valence-corrected chi connectivity index (χ3v) is 1.28. The first-order chi connectivity index (χ1) is 5.29. The highest BCUT2D eigenvalue weighted by molar-refractivity contribution is 5.72. The van der Waals surface area contributed by atoms with Gasteiger partial charge in [-0.15, -0.1) is 0 Å². The highest BCUT2D eigenvalue weighted by Crippen LogP contribution is 2.02. The number of hydrogen-bond donors (Lipinski definition) is 2. The second-order valence-corrected chi connectivity index (χ2v) is 1.91. The number of aliphatic imine (C=N–C) groups is 1. The van der Waals surface area contributed by atoms with Gasteiger partial charge in [0.25, 0.3) is 0 Å². The maximum Gasteiger partial charge on any atom is 0.430 e. The van der Waals surface area contributed by atoms with Crippen molar-refractivity contribution in [3.8, 4) is 0 Å². The zero-order chi connectivity index (χ0) is 8.27. The van der Waals surface area contributed by atoms with Crippen LogP contribution in [-0.4, -0.2) is 42.4 Å². The Morgan fingerprint density at radius 3 is 3.27 bits per heavy atom. The van der Waals surface area contributed by atoms with Crippen molar-refractivity contribution in [3.63, 3.8) is 0 Å². The van der Waals surface area contributed by atoms with Crippen molar-refractivity contribution in [1.29, 1.82) is 0 Å². The Balaban J connectivity index is 2.53. The molecule has 1 aliphatic heterocycles. The number of hydrazine groups is 1. The lowest BCUT2D eigenvalue weighted by Crippen LogP contribution is -2.44. The van der Waals surface area contributed by atoms with Crippen molar-refractivity contribution in [2.24, 2.45) is 4.99 Å². The number of aliphatic hydroxyl groups excluding tert-OH is 1. The van der Waals surface area contributed by atoms with E-state index < -0.39 is 12.3 Å². The molecule has 0 aromatic carbocycles. The maximum atomic E-state index is 10.8. The highest BCUT2D eigenvalue weighted by Gasteiger charge is 2.25. The molecule has 0 saturated carbocycles. The van der Waals surface area contributed by atoms with Crippen LogP contribution in [0, 0.1) is 0 Å². The number of methoxy groups -OCH3 is 1. The Morgan fingerprint density at radius 1 is 2.00 bits per heavy atom. The molecule has 0 radical (unpaired) electrons. The molecule has 1 heterocycles. The molecule has 6 nitrogen and oxygen atoms in total. The van der Waals surface area contributed by atoms with Crippen LogP contribution in [0.4, 0.5) is 4.79 Å². The molecule has 11 heavy (non-hydrogen) atoms. The van der Waals surface area contributed by atoms with Crippen LogP contribution in [0.5, 0.6) is 0 Å². The second kappa shape index (κ2) is 3.20. The molecule has 1 atom stereocenters. The number of aliphatic hydroxyl groups is 1. The molecule has 1 rings (SSSR count). The van der Waals surface area contributed by atoms with E-state index in [2.05, 4.69) is 15.2 Å². The van der Waals surface area contributed by atoms with Crippen LogP contribution in [0.1, 0.15) is 0 Å². The number of carbonyl (C=O) groups is 1. The Hall–Kier alpha value is -1.30. The van der Waals surface area contributed by atoms with E-state index in [0.29, 0.717) is 0 Å². The molecule has 62 valence electrons. The number of hydrogen-bond acceptors (Lipinski definition) is 5. The predicted molar refractivity (Wildman–Crippen MR) is 36.7 cm³/mol. The summed E-state index contributed by atoms with van der Waals surface area (Å²) in [4.78, 5) is 14.6. The quantitative estimate of drug-likeness (QED) is 0.510. The van der Waals surface area contributed by atoms with E-state index in [1.165, 1.54) is 13.4 Å². The van der Waals surface area contributed by atoms with Crippen LogP contribution < -0.4 is 5.43 Å². The predicted octanol–water partition coefficient (Wildman–Crippen LogP) is -1.08. The van der Waals surface area contributed by atoms with Crippen LogP contribution in [0.2, 0.25) is 0 Å². The fourth-order valence-electron chi connectivity index (χ4n) is 0.736. The van der Waals surface area contributed by atoms with Crippen molar-refractivity contribution < 1.29 is 14.6 Å². The van der Waals surface area contributed by atoms with Gasteiger partial charge in [0.15, 0.2) is 6.17 Å². The molecule has 1 aliphatic rings. The normalized spacial score (nSPS) is 21.6. The van der Waals surface area contributed by atoms with E-state index in [1.807, 2.05) is 0 Å². The first kappa shape index (κ1) is 7.80. The molecule has 0 fully saturated rings. The number of rotatable bonds is 1. The fraction of sp³-hybridized carbons (Fsp3) is 0.600. The van der Waals surface area contributed by atoms with Crippen molar-refractivity contribution in [3.05, 3.63) is 0 Å². The van der Waals surface area contributed by atoms with Gasteiger partial charge in [-0.3, -0.25) is 5.43 Å². The van der Waals surface area contributed by atoms with E-state index in [9.17, 15) is 4.79 Å². The third-order valence-electron chi connectivity index (χ3n) is 1.28. The molecule has 0 aromatic heterocycles. The highest BCUT2D eigenvalue weighted by atomic mass is 16.5. The summed E-state index contributed by atoms with van der Waals surface area (Å²) >= 11 is 0. The molecule has 2 N–H and O–H groups in total. The summed E-state index contributed by atoms with van der Waals surface area (Å²) in [5.41, 5.74) is 2.52. The minimum Gasteiger partial charge on any atom is -0.451 e. The number of amides is 1. The second-order valence-electron chi connectivity index (χ2n) is 1.91. The van der Waals surface area contributed by atoms with Crippen LogP contribution in [-0.2, 0) is 4.74 Å². The fourth-order valence-corrected chi connectivity index (χ4v) is 0.736. The SMILES string of the molecule is COC(=O)N1NC=NC1CO. The van der Waals surface area contributed by atoms with Gasteiger partial charge in [0, 0.05) is 0 Å². The molecule has 0 spiro atoms. The molecule has 0 aromatic rings. The number of ether oxygens (including phenoxy) is 1. The largest absolute Gasteiger partial charge is 0.451 e. The van der Waals surface area contributed by atoms with Crippen molar-refractivity contribution in [2.45, 2.75) is 6.17 Å². The number of nitrogens with zero attached hydrogens (tertiary/aromatic N) is 2. The average Bonchev–Trinajstić information content (AvgIpc) is 2.50. The smallest absolute Gasteiger partial charge is 0.430 e. The summed E-state index contributed by atoms with van der Waals surface area (Å²) < 4.78 is 4.40. The zero-order valence-corrected chi connectivity index (χ0v) is 6.02. The van der Waals surface area contributed by atoms with E-state index in [1.54, 1.807) is 0 Å². The van der Waals surface area contributed by atoms with Gasteiger partial charge in [-0.1, -0.05) is 0 Å². The van der Waals surface area contributed by atoms with Gasteiger partial charge in [0.2, 0.25) is 0 Å². The van der Waals surface area contributed by atoms with E-state index in [4.69, 9.17) is 5.11 Å². The van der Waals surface area contributed by atoms with Gasteiger partial charge in [-0.2, -0.15) is 5.01 Å². The molecule has 1 amide bonds. The molecule has 6 heteroatoms. The minimum atomic E-state index is -0.568. The molecule has 0 saturated heterocycles. The Labute approximate surface area is 63.4 Å². The lowest BCUT2D eigenvalue weighted by atomic mass is 10.5. The Kier molecular flexibility index (Phi) is 2.27. The summed E-state index contributed by atoms with van der Waals surface area (Å²) in [5, 5.41) is 9.77. The van der Waals surface area contributed by atoms with Crippen LogP contribution in [0.15, 0.2) is 4.99 Å². The molecule has 0 aliphatic carbocycles. The lowest BCUT2D eigenvalue weighted by molar-refractivity contribution is 0.0816. The van der Waals surface area contributed by atoms with E-state index >= 15 is 0 Å². The Morgan fingerprint density at radius 2 is 2.73 bits per heavy atom. The standard InChI is InChI=1S/C5H9N3O3/c1-11-5(10)8-4(2-9)6-3-7-8/h3-4,9H,2H2,1H3,(H,6,7). The third kappa shape index (κ3) is 1.40. The average molecular weight is 159 g/mol. The number of carbonyl (C=O) groups excluding carboxylic acids is 1.